The van der Waals surface area contributed by atoms with Crippen LogP contribution in [0.1, 0.15) is 25.0 Å². The number of benzene rings is 1. The maximum absolute atomic E-state index is 11.0. The van der Waals surface area contributed by atoms with E-state index in [1.807, 2.05) is 37.4 Å². The number of hydrogen-bond donors (Lipinski definition) is 1. The van der Waals surface area contributed by atoms with Gasteiger partial charge in [0.25, 0.3) is 0 Å². The normalized spacial score (nSPS) is 10.7. The minimum absolute atomic E-state index is 0.0426. The van der Waals surface area contributed by atoms with Gasteiger partial charge in [-0.15, -0.1) is 5.10 Å². The molecule has 0 aliphatic heterocycles. The zero-order valence-corrected chi connectivity index (χ0v) is 16.3. The van der Waals surface area contributed by atoms with Crippen LogP contribution < -0.4 is 14.8 Å². The van der Waals surface area contributed by atoms with Gasteiger partial charge in [-0.2, -0.15) is 9.78 Å². The largest absolute Gasteiger partial charge is 0.493 e. The first-order valence-electron chi connectivity index (χ1n) is 9.02. The number of carbonyl (C=O) groups excluding carboxylic acids is 1. The molecular weight excluding hydrogens is 360 g/mol. The summed E-state index contributed by atoms with van der Waals surface area (Å²) in [5.74, 6) is 3.40. The van der Waals surface area contributed by atoms with Gasteiger partial charge >= 0.3 is 0 Å². The fourth-order valence-electron chi connectivity index (χ4n) is 2.76. The van der Waals surface area contributed by atoms with Crippen molar-refractivity contribution in [3.8, 4) is 17.3 Å². The number of amides is 1. The Morgan fingerprint density at radius 3 is 2.68 bits per heavy atom. The maximum atomic E-state index is 11.0. The van der Waals surface area contributed by atoms with Crippen molar-refractivity contribution in [3.05, 3.63) is 48.2 Å². The molecule has 1 amide bonds. The fourth-order valence-corrected chi connectivity index (χ4v) is 2.76. The molecule has 0 atom stereocenters. The standard InChI is InChI=1S/C19H24N6O3/c1-14(26)20-11-6-9-18-22-17(23-25(18)19-10-12-21-24(19)2)13-28-16-8-5-4-7-15(16)27-3/h4-5,7-8,10,12H,6,9,11,13H2,1-3H3,(H,20,26). The summed E-state index contributed by atoms with van der Waals surface area (Å²) in [6.45, 7) is 2.30. The lowest BCUT2D eigenvalue weighted by atomic mass is 10.3. The molecule has 28 heavy (non-hydrogen) atoms. The highest BCUT2D eigenvalue weighted by molar-refractivity contribution is 5.72. The number of ether oxygens (including phenoxy) is 2. The molecule has 0 radical (unpaired) electrons. The van der Waals surface area contributed by atoms with Crippen molar-refractivity contribution in [2.24, 2.45) is 7.05 Å². The van der Waals surface area contributed by atoms with E-state index >= 15 is 0 Å². The molecule has 0 saturated carbocycles. The Bertz CT molecular complexity index is 933. The highest BCUT2D eigenvalue weighted by atomic mass is 16.5. The lowest BCUT2D eigenvalue weighted by Gasteiger charge is -2.08. The van der Waals surface area contributed by atoms with E-state index in [1.165, 1.54) is 6.92 Å². The van der Waals surface area contributed by atoms with Crippen molar-refractivity contribution in [2.45, 2.75) is 26.4 Å². The van der Waals surface area contributed by atoms with Gasteiger partial charge in [0.1, 0.15) is 12.4 Å². The van der Waals surface area contributed by atoms with Gasteiger partial charge in [-0.1, -0.05) is 12.1 Å². The summed E-state index contributed by atoms with van der Waals surface area (Å²) in [4.78, 5) is 15.7. The summed E-state index contributed by atoms with van der Waals surface area (Å²) in [6, 6.07) is 9.31. The first-order chi connectivity index (χ1) is 13.6. The molecule has 9 heteroatoms. The SMILES string of the molecule is COc1ccccc1OCc1nc(CCCNC(C)=O)n(-c2ccnn2C)n1. The van der Waals surface area contributed by atoms with E-state index in [-0.39, 0.29) is 12.5 Å². The van der Waals surface area contributed by atoms with Gasteiger partial charge in [-0.3, -0.25) is 9.48 Å². The lowest BCUT2D eigenvalue weighted by Crippen LogP contribution is -2.21. The molecule has 0 saturated heterocycles. The zero-order chi connectivity index (χ0) is 19.9. The van der Waals surface area contributed by atoms with Gasteiger partial charge in [-0.25, -0.2) is 4.98 Å². The van der Waals surface area contributed by atoms with Crippen LogP contribution in [0.25, 0.3) is 5.82 Å². The molecule has 0 unspecified atom stereocenters. The van der Waals surface area contributed by atoms with Gasteiger partial charge in [0.15, 0.2) is 23.1 Å². The van der Waals surface area contributed by atoms with Crippen LogP contribution in [-0.2, 0) is 24.9 Å². The summed E-state index contributed by atoms with van der Waals surface area (Å²) in [5.41, 5.74) is 0. The van der Waals surface area contributed by atoms with Crippen LogP contribution in [0.2, 0.25) is 0 Å². The first kappa shape index (κ1) is 19.4. The van der Waals surface area contributed by atoms with Crippen molar-refractivity contribution in [2.75, 3.05) is 13.7 Å². The molecular formula is C19H24N6O3. The number of para-hydroxylation sites is 2. The van der Waals surface area contributed by atoms with Gasteiger partial charge in [0.2, 0.25) is 5.91 Å². The second kappa shape index (κ2) is 9.03. The quantitative estimate of drug-likeness (QED) is 0.564. The predicted molar refractivity (Wildman–Crippen MR) is 102 cm³/mol. The van der Waals surface area contributed by atoms with Crippen molar-refractivity contribution in [1.29, 1.82) is 0 Å². The summed E-state index contributed by atoms with van der Waals surface area (Å²) in [6.07, 6.45) is 3.12. The Balaban J connectivity index is 1.76. The average molecular weight is 384 g/mol. The average Bonchev–Trinajstić information content (AvgIpc) is 3.29. The fraction of sp³-hybridized carbons (Fsp3) is 0.368. The van der Waals surface area contributed by atoms with Crippen molar-refractivity contribution in [1.82, 2.24) is 29.9 Å². The van der Waals surface area contributed by atoms with E-state index in [1.54, 1.807) is 22.7 Å². The Morgan fingerprint density at radius 1 is 1.21 bits per heavy atom. The van der Waals surface area contributed by atoms with E-state index < -0.39 is 0 Å². The van der Waals surface area contributed by atoms with Crippen molar-refractivity contribution < 1.29 is 14.3 Å². The molecule has 0 bridgehead atoms. The second-order valence-corrected chi connectivity index (χ2v) is 6.20. The molecule has 0 aliphatic carbocycles. The zero-order valence-electron chi connectivity index (χ0n) is 16.3. The molecule has 1 aromatic carbocycles. The van der Waals surface area contributed by atoms with Gasteiger partial charge in [0.05, 0.1) is 13.3 Å². The Morgan fingerprint density at radius 2 is 2.00 bits per heavy atom. The van der Waals surface area contributed by atoms with Crippen LogP contribution >= 0.6 is 0 Å². The maximum Gasteiger partial charge on any atom is 0.216 e. The van der Waals surface area contributed by atoms with Crippen LogP contribution in [0, 0.1) is 0 Å². The van der Waals surface area contributed by atoms with Gasteiger partial charge in [0, 0.05) is 33.0 Å². The Labute approximate surface area is 163 Å². The topological polar surface area (TPSA) is 96.1 Å². The second-order valence-electron chi connectivity index (χ2n) is 6.20. The van der Waals surface area contributed by atoms with Crippen LogP contribution in [0.5, 0.6) is 11.5 Å². The van der Waals surface area contributed by atoms with E-state index in [2.05, 4.69) is 20.5 Å². The number of carbonyl (C=O) groups is 1. The highest BCUT2D eigenvalue weighted by Crippen LogP contribution is 2.26. The minimum Gasteiger partial charge on any atom is -0.493 e. The molecule has 0 aliphatic rings. The highest BCUT2D eigenvalue weighted by Gasteiger charge is 2.15. The lowest BCUT2D eigenvalue weighted by molar-refractivity contribution is -0.118. The Hall–Kier alpha value is -3.36. The monoisotopic (exact) mass is 384 g/mol. The van der Waals surface area contributed by atoms with E-state index in [4.69, 9.17) is 9.47 Å². The summed E-state index contributed by atoms with van der Waals surface area (Å²) in [7, 11) is 3.45. The van der Waals surface area contributed by atoms with E-state index in [0.717, 1.165) is 18.1 Å². The van der Waals surface area contributed by atoms with E-state index in [9.17, 15) is 4.79 Å². The van der Waals surface area contributed by atoms with E-state index in [0.29, 0.717) is 30.3 Å². The molecule has 2 aromatic heterocycles. The number of methoxy groups -OCH3 is 1. The number of nitrogens with zero attached hydrogens (tertiary/aromatic N) is 5. The minimum atomic E-state index is -0.0426. The van der Waals surface area contributed by atoms with Crippen molar-refractivity contribution >= 4 is 5.91 Å². The molecule has 2 heterocycles. The molecule has 0 fully saturated rings. The molecule has 0 spiro atoms. The molecule has 3 rings (SSSR count). The third-order valence-corrected chi connectivity index (χ3v) is 4.11. The molecule has 9 nitrogen and oxygen atoms in total. The third kappa shape index (κ3) is 4.67. The third-order valence-electron chi connectivity index (χ3n) is 4.11. The van der Waals surface area contributed by atoms with Crippen LogP contribution in [0.3, 0.4) is 0 Å². The summed E-state index contributed by atoms with van der Waals surface area (Å²) in [5, 5.41) is 11.6. The molecule has 148 valence electrons. The van der Waals surface area contributed by atoms with Crippen LogP contribution in [0.15, 0.2) is 36.5 Å². The summed E-state index contributed by atoms with van der Waals surface area (Å²) < 4.78 is 14.6. The van der Waals surface area contributed by atoms with Gasteiger partial charge in [-0.05, 0) is 18.6 Å². The molecule has 3 aromatic rings. The number of rotatable bonds is 9. The summed E-state index contributed by atoms with van der Waals surface area (Å²) >= 11 is 0. The van der Waals surface area contributed by atoms with Crippen LogP contribution in [0.4, 0.5) is 0 Å². The first-order valence-corrected chi connectivity index (χ1v) is 9.02. The van der Waals surface area contributed by atoms with Crippen molar-refractivity contribution in [3.63, 3.8) is 0 Å². The number of nitrogens with one attached hydrogen (secondary N) is 1. The van der Waals surface area contributed by atoms with Crippen LogP contribution in [-0.4, -0.2) is 44.1 Å². The predicted octanol–water partition coefficient (Wildman–Crippen LogP) is 1.66. The van der Waals surface area contributed by atoms with Gasteiger partial charge < -0.3 is 14.8 Å². The molecule has 1 N–H and O–H groups in total. The smallest absolute Gasteiger partial charge is 0.216 e. The Kier molecular flexibility index (Phi) is 6.25. The number of aryl methyl sites for hydroxylation is 2. The number of hydrogen-bond acceptors (Lipinski definition) is 6. The number of aromatic nitrogens is 5.